The molecule has 2 aromatic carbocycles. The number of halogens is 3. The quantitative estimate of drug-likeness (QED) is 0.506. The van der Waals surface area contributed by atoms with Crippen LogP contribution in [0.5, 0.6) is 0 Å². The molecule has 2 aromatic heterocycles. The fourth-order valence-corrected chi connectivity index (χ4v) is 4.21. The lowest BCUT2D eigenvalue weighted by atomic mass is 10.0. The number of benzene rings is 2. The summed E-state index contributed by atoms with van der Waals surface area (Å²) in [6, 6.07) is 14.1. The summed E-state index contributed by atoms with van der Waals surface area (Å²) in [5.41, 5.74) is 1.87. The Hall–Kier alpha value is -3.39. The second-order valence-electron chi connectivity index (χ2n) is 8.06. The summed E-state index contributed by atoms with van der Waals surface area (Å²) in [5.74, 6) is 0. The van der Waals surface area contributed by atoms with Crippen molar-refractivity contribution < 1.29 is 13.2 Å². The number of pyridine rings is 1. The SMILES string of the molecule is O=c1cc(-c2ccc(C(F)(F)F)cc2)ccn1-c1ccc2c(cnn2C[C@@H]2CCCN2)c1. The van der Waals surface area contributed by atoms with Crippen molar-refractivity contribution in [2.24, 2.45) is 0 Å². The molecule has 0 radical (unpaired) electrons. The van der Waals surface area contributed by atoms with E-state index in [0.29, 0.717) is 22.9 Å². The minimum absolute atomic E-state index is 0.260. The Kier molecular flexibility index (Phi) is 5.09. The normalized spacial score (nSPS) is 16.7. The standard InChI is InChI=1S/C24H21F3N4O/c25-24(26,27)19-5-3-16(4-6-19)17-9-11-30(23(32)13-17)21-7-8-22-18(12-21)14-29-31(22)15-20-2-1-10-28-20/h3-9,11-14,20,28H,1-2,10,15H2/t20-/m0/s1. The number of fused-ring (bicyclic) bond motifs is 1. The summed E-state index contributed by atoms with van der Waals surface area (Å²) in [7, 11) is 0. The van der Waals surface area contributed by atoms with E-state index in [1.165, 1.54) is 29.2 Å². The first-order valence-corrected chi connectivity index (χ1v) is 10.5. The van der Waals surface area contributed by atoms with E-state index in [0.717, 1.165) is 42.5 Å². The van der Waals surface area contributed by atoms with Gasteiger partial charge in [0.05, 0.1) is 23.8 Å². The van der Waals surface area contributed by atoms with E-state index in [4.69, 9.17) is 0 Å². The van der Waals surface area contributed by atoms with Crippen LogP contribution in [0.3, 0.4) is 0 Å². The van der Waals surface area contributed by atoms with Crippen LogP contribution in [-0.4, -0.2) is 26.9 Å². The minimum Gasteiger partial charge on any atom is -0.312 e. The van der Waals surface area contributed by atoms with Crippen LogP contribution in [0.1, 0.15) is 18.4 Å². The van der Waals surface area contributed by atoms with Crippen molar-refractivity contribution in [3.8, 4) is 16.8 Å². The molecule has 5 rings (SSSR count). The molecule has 8 heteroatoms. The van der Waals surface area contributed by atoms with E-state index < -0.39 is 11.7 Å². The Morgan fingerprint density at radius 3 is 2.53 bits per heavy atom. The van der Waals surface area contributed by atoms with Crippen molar-refractivity contribution >= 4 is 10.9 Å². The maximum absolute atomic E-state index is 12.8. The molecule has 0 spiro atoms. The molecule has 1 aliphatic heterocycles. The molecule has 164 valence electrons. The molecule has 0 saturated carbocycles. The number of rotatable bonds is 4. The molecule has 1 saturated heterocycles. The number of hydrogen-bond donors (Lipinski definition) is 1. The average molecular weight is 438 g/mol. The van der Waals surface area contributed by atoms with Crippen LogP contribution in [0.15, 0.2) is 71.8 Å². The molecule has 32 heavy (non-hydrogen) atoms. The molecule has 1 N–H and O–H groups in total. The van der Waals surface area contributed by atoms with E-state index in [-0.39, 0.29) is 5.56 Å². The molecule has 1 atom stereocenters. The fourth-order valence-electron chi connectivity index (χ4n) is 4.21. The van der Waals surface area contributed by atoms with Crippen molar-refractivity contribution in [2.45, 2.75) is 31.6 Å². The summed E-state index contributed by atoms with van der Waals surface area (Å²) in [5, 5.41) is 8.92. The molecule has 1 aliphatic rings. The van der Waals surface area contributed by atoms with Gasteiger partial charge in [0.25, 0.3) is 5.56 Å². The Labute approximate surface area is 182 Å². The van der Waals surface area contributed by atoms with Crippen molar-refractivity contribution in [2.75, 3.05) is 6.54 Å². The largest absolute Gasteiger partial charge is 0.416 e. The van der Waals surface area contributed by atoms with Crippen LogP contribution < -0.4 is 10.9 Å². The van der Waals surface area contributed by atoms with Gasteiger partial charge in [-0.1, -0.05) is 12.1 Å². The average Bonchev–Trinajstić information content (AvgIpc) is 3.43. The summed E-state index contributed by atoms with van der Waals surface area (Å²) >= 11 is 0. The Bertz CT molecular complexity index is 1320. The van der Waals surface area contributed by atoms with Gasteiger partial charge in [-0.25, -0.2) is 0 Å². The van der Waals surface area contributed by atoms with Gasteiger partial charge in [-0.3, -0.25) is 14.0 Å². The third kappa shape index (κ3) is 3.93. The maximum atomic E-state index is 12.8. The Morgan fingerprint density at radius 1 is 1.03 bits per heavy atom. The van der Waals surface area contributed by atoms with Crippen LogP contribution in [0.4, 0.5) is 13.2 Å². The fraction of sp³-hybridized carbons (Fsp3) is 0.250. The number of nitrogens with zero attached hydrogens (tertiary/aromatic N) is 3. The minimum atomic E-state index is -4.39. The van der Waals surface area contributed by atoms with Gasteiger partial charge in [-0.15, -0.1) is 0 Å². The van der Waals surface area contributed by atoms with Gasteiger partial charge in [0.1, 0.15) is 0 Å². The maximum Gasteiger partial charge on any atom is 0.416 e. The second-order valence-corrected chi connectivity index (χ2v) is 8.06. The monoisotopic (exact) mass is 438 g/mol. The lowest BCUT2D eigenvalue weighted by molar-refractivity contribution is -0.137. The predicted molar refractivity (Wildman–Crippen MR) is 117 cm³/mol. The van der Waals surface area contributed by atoms with Gasteiger partial charge in [0, 0.05) is 29.4 Å². The number of hydrogen-bond acceptors (Lipinski definition) is 3. The first-order chi connectivity index (χ1) is 15.4. The van der Waals surface area contributed by atoms with Crippen molar-refractivity contribution in [1.82, 2.24) is 19.7 Å². The van der Waals surface area contributed by atoms with E-state index in [1.54, 1.807) is 18.5 Å². The van der Waals surface area contributed by atoms with E-state index >= 15 is 0 Å². The predicted octanol–water partition coefficient (Wildman–Crippen LogP) is 4.63. The molecular formula is C24H21F3N4O. The lowest BCUT2D eigenvalue weighted by Crippen LogP contribution is -2.27. The summed E-state index contributed by atoms with van der Waals surface area (Å²) in [6.07, 6.45) is 1.38. The third-order valence-electron chi connectivity index (χ3n) is 5.92. The molecule has 0 amide bonds. The molecule has 0 aliphatic carbocycles. The van der Waals surface area contributed by atoms with Crippen LogP contribution >= 0.6 is 0 Å². The summed E-state index contributed by atoms with van der Waals surface area (Å²) < 4.78 is 41.8. The number of alkyl halides is 3. The van der Waals surface area contributed by atoms with Crippen molar-refractivity contribution in [3.05, 3.63) is 82.9 Å². The first kappa shape index (κ1) is 20.5. The third-order valence-corrected chi connectivity index (χ3v) is 5.92. The Morgan fingerprint density at radius 2 is 1.84 bits per heavy atom. The van der Waals surface area contributed by atoms with Crippen LogP contribution in [0.25, 0.3) is 27.7 Å². The van der Waals surface area contributed by atoms with E-state index in [9.17, 15) is 18.0 Å². The lowest BCUT2D eigenvalue weighted by Gasteiger charge is -2.12. The molecule has 4 aromatic rings. The molecule has 0 unspecified atom stereocenters. The summed E-state index contributed by atoms with van der Waals surface area (Å²) in [4.78, 5) is 12.8. The first-order valence-electron chi connectivity index (χ1n) is 10.5. The van der Waals surface area contributed by atoms with Crippen LogP contribution in [0.2, 0.25) is 0 Å². The topological polar surface area (TPSA) is 51.9 Å². The molecule has 5 nitrogen and oxygen atoms in total. The Balaban J connectivity index is 1.42. The molecule has 1 fully saturated rings. The highest BCUT2D eigenvalue weighted by Gasteiger charge is 2.30. The van der Waals surface area contributed by atoms with Gasteiger partial charge in [0.15, 0.2) is 0 Å². The number of nitrogens with one attached hydrogen (secondary N) is 1. The molecular weight excluding hydrogens is 417 g/mol. The highest BCUT2D eigenvalue weighted by molar-refractivity contribution is 5.81. The van der Waals surface area contributed by atoms with E-state index in [1.807, 2.05) is 22.9 Å². The van der Waals surface area contributed by atoms with Crippen LogP contribution in [-0.2, 0) is 12.7 Å². The van der Waals surface area contributed by atoms with Gasteiger partial charge in [-0.2, -0.15) is 18.3 Å². The van der Waals surface area contributed by atoms with Gasteiger partial charge < -0.3 is 5.32 Å². The zero-order valence-corrected chi connectivity index (χ0v) is 17.1. The highest BCUT2D eigenvalue weighted by Crippen LogP contribution is 2.30. The molecule has 0 bridgehead atoms. The summed E-state index contributed by atoms with van der Waals surface area (Å²) in [6.45, 7) is 1.85. The van der Waals surface area contributed by atoms with E-state index in [2.05, 4.69) is 10.4 Å². The highest BCUT2D eigenvalue weighted by atomic mass is 19.4. The van der Waals surface area contributed by atoms with Crippen molar-refractivity contribution in [3.63, 3.8) is 0 Å². The zero-order chi connectivity index (χ0) is 22.3. The molecule has 3 heterocycles. The number of aromatic nitrogens is 3. The van der Waals surface area contributed by atoms with Crippen molar-refractivity contribution in [1.29, 1.82) is 0 Å². The van der Waals surface area contributed by atoms with Gasteiger partial charge in [-0.05, 0) is 66.9 Å². The second kappa shape index (κ2) is 7.94. The van der Waals surface area contributed by atoms with Crippen LogP contribution in [0, 0.1) is 0 Å². The smallest absolute Gasteiger partial charge is 0.312 e. The van der Waals surface area contributed by atoms with Gasteiger partial charge >= 0.3 is 6.18 Å². The van der Waals surface area contributed by atoms with Gasteiger partial charge in [0.2, 0.25) is 0 Å². The zero-order valence-electron chi connectivity index (χ0n) is 17.1.